The van der Waals surface area contributed by atoms with Crippen LogP contribution in [0.2, 0.25) is 0 Å². The molecule has 0 saturated carbocycles. The van der Waals surface area contributed by atoms with Crippen molar-refractivity contribution in [1.82, 2.24) is 4.98 Å². The molecule has 0 fully saturated rings. The molecule has 0 unspecified atom stereocenters. The number of halogens is 1. The van der Waals surface area contributed by atoms with E-state index in [0.29, 0.717) is 5.82 Å². The molecule has 0 amide bonds. The Morgan fingerprint density at radius 2 is 1.86 bits per heavy atom. The smallest absolute Gasteiger partial charge is 0.310 e. The maximum absolute atomic E-state index is 8.82. The van der Waals surface area contributed by atoms with E-state index >= 15 is 0 Å². The molecule has 78 valence electrons. The summed E-state index contributed by atoms with van der Waals surface area (Å²) in [7, 11) is 0. The van der Waals surface area contributed by atoms with Gasteiger partial charge in [-0.05, 0) is 12.1 Å². The van der Waals surface area contributed by atoms with Gasteiger partial charge in [-0.3, -0.25) is 0 Å². The molecule has 6 heteroatoms. The van der Waals surface area contributed by atoms with Gasteiger partial charge in [0.1, 0.15) is 0 Å². The van der Waals surface area contributed by atoms with Gasteiger partial charge in [-0.1, -0.05) is 12.1 Å². The van der Waals surface area contributed by atoms with Gasteiger partial charge in [0.05, 0.1) is 0 Å². The zero-order valence-electron chi connectivity index (χ0n) is 7.16. The topological polar surface area (TPSA) is 102 Å². The maximum atomic E-state index is 8.82. The highest BCUT2D eigenvalue weighted by atomic mass is 35.5. The van der Waals surface area contributed by atoms with Gasteiger partial charge < -0.3 is 28.1 Å². The number of aliphatic hydroxyl groups is 2. The number of hydrogen-bond acceptors (Lipinski definition) is 2. The number of fused-ring (bicyclic) bond motifs is 1. The molecule has 0 aliphatic heterocycles. The van der Waals surface area contributed by atoms with Gasteiger partial charge in [-0.25, -0.2) is 9.97 Å². The van der Waals surface area contributed by atoms with Crippen LogP contribution in [0.15, 0.2) is 24.3 Å². The Balaban J connectivity index is 0.000000845. The van der Waals surface area contributed by atoms with E-state index in [1.54, 1.807) is 0 Å². The molecule has 0 atom stereocenters. The summed E-state index contributed by atoms with van der Waals surface area (Å²) in [4.78, 5) is 5.68. The molecule has 2 aromatic rings. The standard InChI is InChI=1S/C8H8N2O2.ClH.H2O/c11-8(12)7-9-5-3-1-2-4-6(5)10-7;;/h1-4,8,11-12H,(H,9,10);1H;1H2. The molecule has 14 heavy (non-hydrogen) atoms. The van der Waals surface area contributed by atoms with Crippen LogP contribution in [0, 0.1) is 0 Å². The third kappa shape index (κ3) is 2.21. The fraction of sp³-hybridized carbons (Fsp3) is 0.125. The van der Waals surface area contributed by atoms with Gasteiger partial charge in [0, 0.05) is 0 Å². The molecule has 2 rings (SSSR count). The van der Waals surface area contributed by atoms with Crippen molar-refractivity contribution in [3.63, 3.8) is 0 Å². The quantitative estimate of drug-likeness (QED) is 0.427. The first-order chi connectivity index (χ1) is 5.77. The van der Waals surface area contributed by atoms with Crippen LogP contribution in [-0.2, 0) is 0 Å². The fourth-order valence-electron chi connectivity index (χ4n) is 1.15. The van der Waals surface area contributed by atoms with Crippen LogP contribution in [0.3, 0.4) is 0 Å². The summed E-state index contributed by atoms with van der Waals surface area (Å²) in [5.74, 6) is 0.302. The number of hydrogen-bond donors (Lipinski definition) is 3. The lowest BCUT2D eigenvalue weighted by Crippen LogP contribution is -3.00. The largest absolute Gasteiger partial charge is 1.00 e. The number of imidazole rings is 1. The van der Waals surface area contributed by atoms with Crippen molar-refractivity contribution in [2.24, 2.45) is 0 Å². The number of H-pyrrole nitrogens is 2. The van der Waals surface area contributed by atoms with Gasteiger partial charge in [0.25, 0.3) is 6.29 Å². The maximum Gasteiger partial charge on any atom is 0.310 e. The first kappa shape index (κ1) is 12.9. The SMILES string of the molecule is O.OC(O)c1[nH]c2ccccc2[nH+]1.[Cl-]. The molecule has 0 spiro atoms. The van der Waals surface area contributed by atoms with E-state index in [9.17, 15) is 0 Å². The van der Waals surface area contributed by atoms with Gasteiger partial charge in [0.2, 0.25) is 0 Å². The van der Waals surface area contributed by atoms with E-state index in [-0.39, 0.29) is 17.9 Å². The number of aromatic amines is 2. The van der Waals surface area contributed by atoms with E-state index in [2.05, 4.69) is 9.97 Å². The number of rotatable bonds is 1. The minimum absolute atomic E-state index is 0. The molecule has 5 nitrogen and oxygen atoms in total. The highest BCUT2D eigenvalue weighted by molar-refractivity contribution is 5.70. The Labute approximate surface area is 86.1 Å². The predicted molar refractivity (Wildman–Crippen MR) is 45.6 cm³/mol. The van der Waals surface area contributed by atoms with Gasteiger partial charge in [0.15, 0.2) is 11.0 Å². The normalized spacial score (nSPS) is 9.64. The van der Waals surface area contributed by atoms with Gasteiger partial charge in [-0.2, -0.15) is 0 Å². The minimum Gasteiger partial charge on any atom is -1.00 e. The minimum atomic E-state index is -1.47. The zero-order valence-corrected chi connectivity index (χ0v) is 7.92. The Kier molecular flexibility index (Phi) is 4.52. The van der Waals surface area contributed by atoms with Crippen molar-refractivity contribution in [2.75, 3.05) is 0 Å². The summed E-state index contributed by atoms with van der Waals surface area (Å²) in [6.07, 6.45) is -1.47. The third-order valence-electron chi connectivity index (χ3n) is 1.72. The number of nitrogens with one attached hydrogen (secondary N) is 2. The van der Waals surface area contributed by atoms with Crippen LogP contribution in [0.25, 0.3) is 11.0 Å². The van der Waals surface area contributed by atoms with Gasteiger partial charge in [-0.15, -0.1) is 0 Å². The average molecular weight is 219 g/mol. The lowest BCUT2D eigenvalue weighted by Gasteiger charge is -1.88. The number of aromatic nitrogens is 2. The Bertz CT molecular complexity index is 369. The summed E-state index contributed by atoms with van der Waals surface area (Å²) < 4.78 is 0. The lowest BCUT2D eigenvalue weighted by atomic mass is 10.3. The third-order valence-corrected chi connectivity index (χ3v) is 1.72. The summed E-state index contributed by atoms with van der Waals surface area (Å²) in [6, 6.07) is 7.47. The summed E-state index contributed by atoms with van der Waals surface area (Å²) in [5.41, 5.74) is 1.72. The van der Waals surface area contributed by atoms with Crippen molar-refractivity contribution >= 4 is 11.0 Å². The predicted octanol–water partition coefficient (Wildman–Crippen LogP) is -3.86. The van der Waals surface area contributed by atoms with Crippen LogP contribution in [0.5, 0.6) is 0 Å². The summed E-state index contributed by atoms with van der Waals surface area (Å²) >= 11 is 0. The monoisotopic (exact) mass is 218 g/mol. The van der Waals surface area contributed by atoms with Crippen molar-refractivity contribution < 1.29 is 33.1 Å². The zero-order chi connectivity index (χ0) is 8.55. The van der Waals surface area contributed by atoms with E-state index in [1.807, 2.05) is 24.3 Å². The van der Waals surface area contributed by atoms with Crippen LogP contribution in [0.4, 0.5) is 0 Å². The van der Waals surface area contributed by atoms with Crippen molar-refractivity contribution in [1.29, 1.82) is 0 Å². The van der Waals surface area contributed by atoms with Crippen LogP contribution >= 0.6 is 0 Å². The summed E-state index contributed by atoms with van der Waals surface area (Å²) in [5, 5.41) is 17.6. The van der Waals surface area contributed by atoms with Crippen LogP contribution < -0.4 is 17.4 Å². The van der Waals surface area contributed by atoms with Gasteiger partial charge >= 0.3 is 5.82 Å². The second-order valence-corrected chi connectivity index (χ2v) is 2.58. The van der Waals surface area contributed by atoms with Crippen LogP contribution in [-0.4, -0.2) is 20.7 Å². The van der Waals surface area contributed by atoms with E-state index in [0.717, 1.165) is 11.0 Å². The molecule has 6 N–H and O–H groups in total. The highest BCUT2D eigenvalue weighted by Crippen LogP contribution is 2.08. The first-order valence-electron chi connectivity index (χ1n) is 3.63. The molecule has 0 bridgehead atoms. The van der Waals surface area contributed by atoms with E-state index in [4.69, 9.17) is 10.2 Å². The van der Waals surface area contributed by atoms with Crippen molar-refractivity contribution in [2.45, 2.75) is 6.29 Å². The van der Waals surface area contributed by atoms with Crippen molar-refractivity contribution in [3.05, 3.63) is 30.1 Å². The van der Waals surface area contributed by atoms with Crippen LogP contribution in [0.1, 0.15) is 12.1 Å². The number of para-hydroxylation sites is 2. The number of benzene rings is 1. The Morgan fingerprint density at radius 1 is 1.21 bits per heavy atom. The molecule has 0 aliphatic carbocycles. The first-order valence-corrected chi connectivity index (χ1v) is 3.63. The molecule has 0 aliphatic rings. The number of aliphatic hydroxyl groups excluding tert-OH is 1. The molecule has 1 aromatic heterocycles. The highest BCUT2D eigenvalue weighted by Gasteiger charge is 2.14. The molecule has 0 saturated heterocycles. The fourth-order valence-corrected chi connectivity index (χ4v) is 1.15. The molecule has 1 heterocycles. The molecular weight excluding hydrogens is 208 g/mol. The Morgan fingerprint density at radius 3 is 2.43 bits per heavy atom. The molecule has 0 radical (unpaired) electrons. The second kappa shape index (κ2) is 4.92. The van der Waals surface area contributed by atoms with E-state index in [1.165, 1.54) is 0 Å². The second-order valence-electron chi connectivity index (χ2n) is 2.58. The lowest BCUT2D eigenvalue weighted by molar-refractivity contribution is -0.381. The van der Waals surface area contributed by atoms with Crippen molar-refractivity contribution in [3.8, 4) is 0 Å². The molecule has 1 aromatic carbocycles. The average Bonchev–Trinajstić information content (AvgIpc) is 2.46. The Hall–Kier alpha value is -1.14. The molecular formula is C8H11ClN2O3. The summed E-state index contributed by atoms with van der Waals surface area (Å²) in [6.45, 7) is 0. The van der Waals surface area contributed by atoms with E-state index < -0.39 is 6.29 Å².